The summed E-state index contributed by atoms with van der Waals surface area (Å²) in [7, 11) is 0. The first-order chi connectivity index (χ1) is 8.40. The van der Waals surface area contributed by atoms with Gasteiger partial charge in [0.1, 0.15) is 6.04 Å². The SMILES string of the molecule is Cc1cc(Br)ccc1CN[C@H](CC(C)C)C(=O)O. The number of carboxylic acids is 1. The molecule has 0 heterocycles. The van der Waals surface area contributed by atoms with Gasteiger partial charge in [-0.15, -0.1) is 0 Å². The van der Waals surface area contributed by atoms with E-state index in [4.69, 9.17) is 5.11 Å². The Morgan fingerprint density at radius 3 is 2.61 bits per heavy atom. The zero-order chi connectivity index (χ0) is 13.7. The largest absolute Gasteiger partial charge is 0.480 e. The molecule has 0 aliphatic carbocycles. The van der Waals surface area contributed by atoms with Crippen molar-refractivity contribution in [3.05, 3.63) is 33.8 Å². The van der Waals surface area contributed by atoms with Crippen LogP contribution in [0, 0.1) is 12.8 Å². The second-order valence-corrected chi connectivity index (χ2v) is 5.89. The lowest BCUT2D eigenvalue weighted by atomic mass is 10.0. The molecule has 3 nitrogen and oxygen atoms in total. The Labute approximate surface area is 117 Å². The Hall–Kier alpha value is -0.870. The van der Waals surface area contributed by atoms with Crippen molar-refractivity contribution in [1.29, 1.82) is 0 Å². The molecule has 18 heavy (non-hydrogen) atoms. The van der Waals surface area contributed by atoms with Crippen LogP contribution in [0.15, 0.2) is 22.7 Å². The molecule has 2 N–H and O–H groups in total. The summed E-state index contributed by atoms with van der Waals surface area (Å²) in [5.41, 5.74) is 2.29. The van der Waals surface area contributed by atoms with E-state index in [-0.39, 0.29) is 0 Å². The molecule has 0 fully saturated rings. The van der Waals surface area contributed by atoms with Gasteiger partial charge in [0.2, 0.25) is 0 Å². The summed E-state index contributed by atoms with van der Waals surface area (Å²) in [6, 6.07) is 5.55. The van der Waals surface area contributed by atoms with E-state index >= 15 is 0 Å². The molecule has 4 heteroatoms. The van der Waals surface area contributed by atoms with Crippen LogP contribution in [0.4, 0.5) is 0 Å². The van der Waals surface area contributed by atoms with Crippen molar-refractivity contribution >= 4 is 21.9 Å². The van der Waals surface area contributed by atoms with Crippen molar-refractivity contribution < 1.29 is 9.90 Å². The minimum Gasteiger partial charge on any atom is -0.480 e. The predicted molar refractivity (Wildman–Crippen MR) is 76.6 cm³/mol. The summed E-state index contributed by atoms with van der Waals surface area (Å²) < 4.78 is 1.04. The van der Waals surface area contributed by atoms with E-state index in [1.54, 1.807) is 0 Å². The first-order valence-electron chi connectivity index (χ1n) is 6.11. The Bertz CT molecular complexity index is 418. The normalized spacial score (nSPS) is 12.7. The van der Waals surface area contributed by atoms with Gasteiger partial charge in [0.15, 0.2) is 0 Å². The number of aryl methyl sites for hydroxylation is 1. The highest BCUT2D eigenvalue weighted by Gasteiger charge is 2.18. The lowest BCUT2D eigenvalue weighted by molar-refractivity contribution is -0.140. The zero-order valence-electron chi connectivity index (χ0n) is 11.0. The van der Waals surface area contributed by atoms with Crippen LogP contribution in [0.5, 0.6) is 0 Å². The average Bonchev–Trinajstić information content (AvgIpc) is 2.25. The van der Waals surface area contributed by atoms with Gasteiger partial charge in [0.05, 0.1) is 0 Å². The first kappa shape index (κ1) is 15.2. The third-order valence-corrected chi connectivity index (χ3v) is 3.34. The molecule has 1 aromatic rings. The Balaban J connectivity index is 2.64. The van der Waals surface area contributed by atoms with Crippen LogP contribution in [0.2, 0.25) is 0 Å². The molecule has 0 amide bonds. The van der Waals surface area contributed by atoms with Crippen molar-refractivity contribution in [3.8, 4) is 0 Å². The van der Waals surface area contributed by atoms with E-state index in [2.05, 4.69) is 21.2 Å². The van der Waals surface area contributed by atoms with E-state index < -0.39 is 12.0 Å². The molecule has 1 aromatic carbocycles. The molecule has 1 rings (SSSR count). The summed E-state index contributed by atoms with van der Waals surface area (Å²) in [4.78, 5) is 11.1. The number of aliphatic carboxylic acids is 1. The first-order valence-corrected chi connectivity index (χ1v) is 6.90. The van der Waals surface area contributed by atoms with Crippen LogP contribution in [0.3, 0.4) is 0 Å². The topological polar surface area (TPSA) is 49.3 Å². The second-order valence-electron chi connectivity index (χ2n) is 4.97. The molecular formula is C14H20BrNO2. The van der Waals surface area contributed by atoms with Gasteiger partial charge in [0.25, 0.3) is 0 Å². The average molecular weight is 314 g/mol. The van der Waals surface area contributed by atoms with Crippen molar-refractivity contribution in [2.75, 3.05) is 0 Å². The third kappa shape index (κ3) is 4.78. The smallest absolute Gasteiger partial charge is 0.320 e. The predicted octanol–water partition coefficient (Wildman–Crippen LogP) is 3.35. The summed E-state index contributed by atoms with van der Waals surface area (Å²) in [6.07, 6.45) is 0.644. The summed E-state index contributed by atoms with van der Waals surface area (Å²) in [6.45, 7) is 6.67. The Morgan fingerprint density at radius 1 is 1.44 bits per heavy atom. The maximum atomic E-state index is 11.1. The van der Waals surface area contributed by atoms with Gasteiger partial charge in [-0.2, -0.15) is 0 Å². The number of hydrogen-bond acceptors (Lipinski definition) is 2. The molecule has 0 saturated carbocycles. The van der Waals surface area contributed by atoms with Gasteiger partial charge in [-0.25, -0.2) is 0 Å². The molecule has 0 aliphatic heterocycles. The molecule has 0 saturated heterocycles. The lowest BCUT2D eigenvalue weighted by Crippen LogP contribution is -2.37. The maximum absolute atomic E-state index is 11.1. The summed E-state index contributed by atoms with van der Waals surface area (Å²) in [5, 5.41) is 12.3. The number of rotatable bonds is 6. The number of carbonyl (C=O) groups is 1. The highest BCUT2D eigenvalue weighted by Crippen LogP contribution is 2.16. The molecule has 0 unspecified atom stereocenters. The van der Waals surface area contributed by atoms with E-state index in [9.17, 15) is 4.79 Å². The standard InChI is InChI=1S/C14H20BrNO2/c1-9(2)6-13(14(17)18)16-8-11-4-5-12(15)7-10(11)3/h4-5,7,9,13,16H,6,8H2,1-3H3,(H,17,18)/t13-/m1/s1. The fraction of sp³-hybridized carbons (Fsp3) is 0.500. The number of nitrogens with one attached hydrogen (secondary N) is 1. The van der Waals surface area contributed by atoms with E-state index in [0.717, 1.165) is 15.6 Å². The zero-order valence-corrected chi connectivity index (χ0v) is 12.6. The molecule has 0 bridgehead atoms. The number of benzene rings is 1. The molecule has 0 aromatic heterocycles. The minimum atomic E-state index is -0.779. The fourth-order valence-electron chi connectivity index (χ4n) is 1.83. The molecule has 100 valence electrons. The van der Waals surface area contributed by atoms with Crippen molar-refractivity contribution in [3.63, 3.8) is 0 Å². The van der Waals surface area contributed by atoms with Crippen LogP contribution in [0.25, 0.3) is 0 Å². The van der Waals surface area contributed by atoms with Gasteiger partial charge in [-0.1, -0.05) is 35.8 Å². The van der Waals surface area contributed by atoms with Crippen molar-refractivity contribution in [2.24, 2.45) is 5.92 Å². The Morgan fingerprint density at radius 2 is 2.11 bits per heavy atom. The van der Waals surface area contributed by atoms with Crippen LogP contribution >= 0.6 is 15.9 Å². The van der Waals surface area contributed by atoms with Gasteiger partial charge in [0, 0.05) is 11.0 Å². The van der Waals surface area contributed by atoms with Crippen LogP contribution in [-0.2, 0) is 11.3 Å². The number of halogens is 1. The van der Waals surface area contributed by atoms with Gasteiger partial charge >= 0.3 is 5.97 Å². The van der Waals surface area contributed by atoms with E-state index in [1.807, 2.05) is 39.0 Å². The lowest BCUT2D eigenvalue weighted by Gasteiger charge is -2.17. The van der Waals surface area contributed by atoms with E-state index in [0.29, 0.717) is 18.9 Å². The van der Waals surface area contributed by atoms with Gasteiger partial charge < -0.3 is 10.4 Å². The maximum Gasteiger partial charge on any atom is 0.320 e. The monoisotopic (exact) mass is 313 g/mol. The third-order valence-electron chi connectivity index (χ3n) is 2.85. The minimum absolute atomic E-state index is 0.365. The Kier molecular flexibility index (Phi) is 5.82. The number of carboxylic acid groups (broad SMARTS) is 1. The van der Waals surface area contributed by atoms with E-state index in [1.165, 1.54) is 0 Å². The summed E-state index contributed by atoms with van der Waals surface area (Å²) in [5.74, 6) is -0.414. The highest BCUT2D eigenvalue weighted by molar-refractivity contribution is 9.10. The van der Waals surface area contributed by atoms with Crippen LogP contribution in [0.1, 0.15) is 31.4 Å². The molecular weight excluding hydrogens is 294 g/mol. The van der Waals surface area contributed by atoms with Crippen molar-refractivity contribution in [1.82, 2.24) is 5.32 Å². The van der Waals surface area contributed by atoms with Gasteiger partial charge in [-0.05, 0) is 42.5 Å². The van der Waals surface area contributed by atoms with Gasteiger partial charge in [-0.3, -0.25) is 4.79 Å². The molecule has 0 spiro atoms. The molecule has 0 aliphatic rings. The fourth-order valence-corrected chi connectivity index (χ4v) is 2.31. The molecule has 1 atom stereocenters. The highest BCUT2D eigenvalue weighted by atomic mass is 79.9. The second kappa shape index (κ2) is 6.90. The van der Waals surface area contributed by atoms with Crippen LogP contribution in [-0.4, -0.2) is 17.1 Å². The summed E-state index contributed by atoms with van der Waals surface area (Å²) >= 11 is 3.42. The van der Waals surface area contributed by atoms with Crippen molar-refractivity contribution in [2.45, 2.75) is 39.8 Å². The molecule has 0 radical (unpaired) electrons. The number of hydrogen-bond donors (Lipinski definition) is 2. The quantitative estimate of drug-likeness (QED) is 0.846. The van der Waals surface area contributed by atoms with Crippen LogP contribution < -0.4 is 5.32 Å².